The Labute approximate surface area is 138 Å². The van der Waals surface area contributed by atoms with Crippen LogP contribution in [0.4, 0.5) is 4.39 Å². The molecule has 1 aromatic carbocycles. The highest BCUT2D eigenvalue weighted by molar-refractivity contribution is 5.78. The van der Waals surface area contributed by atoms with E-state index in [1.54, 1.807) is 19.1 Å². The number of nitrogens with one attached hydrogen (secondary N) is 1. The van der Waals surface area contributed by atoms with Crippen molar-refractivity contribution in [3.8, 4) is 6.07 Å². The average molecular weight is 320 g/mol. The van der Waals surface area contributed by atoms with Gasteiger partial charge in [0.15, 0.2) is 6.54 Å². The van der Waals surface area contributed by atoms with Crippen LogP contribution in [0.15, 0.2) is 24.3 Å². The van der Waals surface area contributed by atoms with Gasteiger partial charge in [0.05, 0.1) is 6.07 Å². The van der Waals surface area contributed by atoms with Crippen molar-refractivity contribution in [3.63, 3.8) is 0 Å². The second kappa shape index (κ2) is 8.07. The molecule has 5 heteroatoms. The van der Waals surface area contributed by atoms with Crippen LogP contribution >= 0.6 is 0 Å². The lowest BCUT2D eigenvalue weighted by Gasteiger charge is -2.27. The molecule has 1 amide bonds. The molecule has 126 valence electrons. The van der Waals surface area contributed by atoms with E-state index in [9.17, 15) is 14.4 Å². The normalized spacial score (nSPS) is 15.1. The van der Waals surface area contributed by atoms with E-state index in [-0.39, 0.29) is 30.2 Å². The summed E-state index contributed by atoms with van der Waals surface area (Å²) in [6.07, 6.45) is 0. The molecule has 1 rings (SSSR count). The third-order valence-corrected chi connectivity index (χ3v) is 4.32. The van der Waals surface area contributed by atoms with Gasteiger partial charge in [0, 0.05) is 11.5 Å². The van der Waals surface area contributed by atoms with Crippen molar-refractivity contribution in [2.45, 2.75) is 46.2 Å². The molecule has 0 unspecified atom stereocenters. The van der Waals surface area contributed by atoms with Crippen LogP contribution in [0, 0.1) is 29.0 Å². The summed E-state index contributed by atoms with van der Waals surface area (Å²) in [6.45, 7) is 9.90. The molecule has 0 aliphatic rings. The lowest BCUT2D eigenvalue weighted by atomic mass is 9.90. The van der Waals surface area contributed by atoms with Crippen molar-refractivity contribution in [1.82, 2.24) is 5.32 Å². The number of halogens is 1. The van der Waals surface area contributed by atoms with Crippen molar-refractivity contribution in [2.75, 3.05) is 6.54 Å². The number of nitrogens with two attached hydrogens (primary N) is 1. The highest BCUT2D eigenvalue weighted by atomic mass is 19.1. The summed E-state index contributed by atoms with van der Waals surface area (Å²) in [5, 5.41) is 14.0. The highest BCUT2D eigenvalue weighted by Crippen LogP contribution is 2.18. The third-order valence-electron chi connectivity index (χ3n) is 4.32. The fraction of sp³-hybridized carbons (Fsp3) is 0.556. The molecule has 0 aliphatic heterocycles. The number of carbonyl (C=O) groups is 1. The quantitative estimate of drug-likeness (QED) is 0.808. The smallest absolute Gasteiger partial charge is 0.276 e. The first-order chi connectivity index (χ1) is 10.7. The fourth-order valence-electron chi connectivity index (χ4n) is 2.35. The summed E-state index contributed by atoms with van der Waals surface area (Å²) >= 11 is 0. The van der Waals surface area contributed by atoms with Crippen LogP contribution in [0.3, 0.4) is 0 Å². The number of quaternary nitrogens is 1. The average Bonchev–Trinajstić information content (AvgIpc) is 2.48. The summed E-state index contributed by atoms with van der Waals surface area (Å²) in [5.41, 5.74) is 0.120. The number of hydrogen-bond donors (Lipinski definition) is 2. The van der Waals surface area contributed by atoms with Gasteiger partial charge in [-0.1, -0.05) is 39.8 Å². The van der Waals surface area contributed by atoms with Crippen molar-refractivity contribution in [3.05, 3.63) is 35.6 Å². The van der Waals surface area contributed by atoms with Crippen LogP contribution in [0.1, 0.15) is 46.2 Å². The van der Waals surface area contributed by atoms with Crippen molar-refractivity contribution < 1.29 is 14.5 Å². The van der Waals surface area contributed by atoms with E-state index in [4.69, 9.17) is 0 Å². The highest BCUT2D eigenvalue weighted by Gasteiger charge is 2.31. The topological polar surface area (TPSA) is 69.5 Å². The Morgan fingerprint density at radius 1 is 1.30 bits per heavy atom. The van der Waals surface area contributed by atoms with Gasteiger partial charge in [-0.3, -0.25) is 4.79 Å². The SMILES string of the molecule is CC(C)[C@@H]([NH2+]CC(=O)N[C@](C)(C#N)C(C)C)c1ccc(F)cc1. The minimum Gasteiger partial charge on any atom is -0.333 e. The summed E-state index contributed by atoms with van der Waals surface area (Å²) in [6, 6.07) is 8.61. The predicted molar refractivity (Wildman–Crippen MR) is 87.8 cm³/mol. The minimum atomic E-state index is -0.867. The number of hydrogen-bond acceptors (Lipinski definition) is 2. The maximum atomic E-state index is 13.1. The number of carbonyl (C=O) groups excluding carboxylic acids is 1. The molecule has 0 saturated carbocycles. The monoisotopic (exact) mass is 320 g/mol. The molecule has 0 fully saturated rings. The Balaban J connectivity index is 2.71. The molecule has 2 atom stereocenters. The lowest BCUT2D eigenvalue weighted by molar-refractivity contribution is -0.692. The van der Waals surface area contributed by atoms with E-state index in [0.29, 0.717) is 5.92 Å². The molecule has 3 N–H and O–H groups in total. The Bertz CT molecular complexity index is 563. The zero-order chi connectivity index (χ0) is 17.6. The van der Waals surface area contributed by atoms with Crippen LogP contribution in [0.2, 0.25) is 0 Å². The van der Waals surface area contributed by atoms with E-state index < -0.39 is 5.54 Å². The van der Waals surface area contributed by atoms with Crippen LogP contribution in [0.5, 0.6) is 0 Å². The van der Waals surface area contributed by atoms with Gasteiger partial charge in [-0.15, -0.1) is 0 Å². The number of nitrogens with zero attached hydrogens (tertiary/aromatic N) is 1. The van der Waals surface area contributed by atoms with Crippen LogP contribution in [-0.4, -0.2) is 18.0 Å². The first kappa shape index (κ1) is 19.1. The van der Waals surface area contributed by atoms with Crippen LogP contribution in [0.25, 0.3) is 0 Å². The van der Waals surface area contributed by atoms with E-state index in [0.717, 1.165) is 5.56 Å². The molecule has 0 spiro atoms. The maximum absolute atomic E-state index is 13.1. The standard InChI is InChI=1S/C18H26FN3O/c1-12(2)17(14-6-8-15(19)9-7-14)21-10-16(23)22-18(5,11-20)13(3)4/h6-9,12-13,17,21H,10H2,1-5H3,(H,22,23)/p+1/t17-,18-/m1/s1. The summed E-state index contributed by atoms with van der Waals surface area (Å²) in [5.74, 6) is -0.124. The van der Waals surface area contributed by atoms with Gasteiger partial charge < -0.3 is 10.6 Å². The van der Waals surface area contributed by atoms with E-state index >= 15 is 0 Å². The molecule has 0 bridgehead atoms. The minimum absolute atomic E-state index is 0.0226. The summed E-state index contributed by atoms with van der Waals surface area (Å²) < 4.78 is 13.1. The molecule has 0 radical (unpaired) electrons. The molecule has 0 aromatic heterocycles. The van der Waals surface area contributed by atoms with Gasteiger partial charge in [-0.05, 0) is 25.0 Å². The molecule has 0 heterocycles. The van der Waals surface area contributed by atoms with E-state index in [1.165, 1.54) is 12.1 Å². The first-order valence-electron chi connectivity index (χ1n) is 8.00. The van der Waals surface area contributed by atoms with Crippen molar-refractivity contribution in [1.29, 1.82) is 5.26 Å². The largest absolute Gasteiger partial charge is 0.333 e. The molecule has 4 nitrogen and oxygen atoms in total. The van der Waals surface area contributed by atoms with Crippen molar-refractivity contribution in [2.24, 2.45) is 11.8 Å². The molecule has 1 aromatic rings. The number of benzene rings is 1. The van der Waals surface area contributed by atoms with E-state index in [1.807, 2.05) is 19.2 Å². The number of amides is 1. The molecule has 23 heavy (non-hydrogen) atoms. The van der Waals surface area contributed by atoms with Crippen molar-refractivity contribution >= 4 is 5.91 Å². The molecule has 0 saturated heterocycles. The second-order valence-corrected chi connectivity index (χ2v) is 6.78. The Morgan fingerprint density at radius 2 is 1.87 bits per heavy atom. The molecular weight excluding hydrogens is 293 g/mol. The van der Waals surface area contributed by atoms with Gasteiger partial charge in [-0.25, -0.2) is 4.39 Å². The van der Waals surface area contributed by atoms with Gasteiger partial charge >= 0.3 is 0 Å². The van der Waals surface area contributed by atoms with Gasteiger partial charge in [0.2, 0.25) is 0 Å². The Morgan fingerprint density at radius 3 is 2.30 bits per heavy atom. The van der Waals surface area contributed by atoms with Crippen LogP contribution < -0.4 is 10.6 Å². The molecule has 0 aliphatic carbocycles. The second-order valence-electron chi connectivity index (χ2n) is 6.78. The molecular formula is C18H27FN3O+. The summed E-state index contributed by atoms with van der Waals surface area (Å²) in [7, 11) is 0. The van der Waals surface area contributed by atoms with E-state index in [2.05, 4.69) is 25.2 Å². The Kier molecular flexibility index (Phi) is 6.71. The van der Waals surface area contributed by atoms with Crippen LogP contribution in [-0.2, 0) is 4.79 Å². The predicted octanol–water partition coefficient (Wildman–Crippen LogP) is 2.14. The Hall–Kier alpha value is -1.93. The first-order valence-corrected chi connectivity index (χ1v) is 8.00. The summed E-state index contributed by atoms with van der Waals surface area (Å²) in [4.78, 5) is 12.2. The maximum Gasteiger partial charge on any atom is 0.276 e. The zero-order valence-electron chi connectivity index (χ0n) is 14.6. The van der Waals surface area contributed by atoms with Gasteiger partial charge in [0.25, 0.3) is 5.91 Å². The zero-order valence-corrected chi connectivity index (χ0v) is 14.6. The third kappa shape index (κ3) is 5.33. The van der Waals surface area contributed by atoms with Gasteiger partial charge in [-0.2, -0.15) is 5.26 Å². The fourth-order valence-corrected chi connectivity index (χ4v) is 2.35. The number of nitriles is 1. The number of rotatable bonds is 7. The van der Waals surface area contributed by atoms with Gasteiger partial charge in [0.1, 0.15) is 17.4 Å². The lowest BCUT2D eigenvalue weighted by Crippen LogP contribution is -2.88.